The highest BCUT2D eigenvalue weighted by Crippen LogP contribution is 2.45. The van der Waals surface area contributed by atoms with E-state index in [1.165, 1.54) is 18.2 Å². The van der Waals surface area contributed by atoms with E-state index in [4.69, 9.17) is 0 Å². The molecule has 1 fully saturated rings. The van der Waals surface area contributed by atoms with Crippen molar-refractivity contribution in [3.63, 3.8) is 0 Å². The van der Waals surface area contributed by atoms with Gasteiger partial charge >= 0.3 is 0 Å². The van der Waals surface area contributed by atoms with Gasteiger partial charge in [-0.2, -0.15) is 0 Å². The molecule has 2 amide bonds. The quantitative estimate of drug-likeness (QED) is 0.817. The molecule has 0 heterocycles. The number of hydrogen-bond donors (Lipinski definition) is 2. The number of amides is 2. The van der Waals surface area contributed by atoms with Gasteiger partial charge in [0, 0.05) is 11.1 Å². The number of halogens is 1. The summed E-state index contributed by atoms with van der Waals surface area (Å²) in [6, 6.07) is 4.08. The van der Waals surface area contributed by atoms with Gasteiger partial charge < -0.3 is 10.6 Å². The second kappa shape index (κ2) is 5.68. The Morgan fingerprint density at radius 1 is 1.33 bits per heavy atom. The van der Waals surface area contributed by atoms with Gasteiger partial charge in [0.1, 0.15) is 5.82 Å². The molecule has 0 spiro atoms. The van der Waals surface area contributed by atoms with Crippen LogP contribution >= 0.6 is 0 Å². The summed E-state index contributed by atoms with van der Waals surface area (Å²) in [5, 5.41) is 5.14. The summed E-state index contributed by atoms with van der Waals surface area (Å²) in [5.41, 5.74) is 0.0234. The minimum Gasteiger partial charge on any atom is -0.326 e. The normalized spacial score (nSPS) is 14.4. The summed E-state index contributed by atoms with van der Waals surface area (Å²) in [6.45, 7) is 7.12. The average molecular weight is 290 g/mol. The van der Waals surface area contributed by atoms with Gasteiger partial charge in [-0.1, -0.05) is 20.4 Å². The summed E-state index contributed by atoms with van der Waals surface area (Å²) < 4.78 is 13.6. The van der Waals surface area contributed by atoms with Crippen LogP contribution in [0.25, 0.3) is 0 Å². The minimum atomic E-state index is -0.565. The van der Waals surface area contributed by atoms with Crippen molar-refractivity contribution in [2.75, 3.05) is 10.6 Å². The Labute approximate surface area is 123 Å². The fourth-order valence-electron chi connectivity index (χ4n) is 2.17. The van der Waals surface area contributed by atoms with Gasteiger partial charge in [0.15, 0.2) is 0 Å². The molecule has 21 heavy (non-hydrogen) atoms. The molecule has 1 aromatic carbocycles. The first kappa shape index (κ1) is 15.2. The molecule has 1 saturated carbocycles. The number of hydrogen-bond acceptors (Lipinski definition) is 2. The molecule has 5 heteroatoms. The van der Waals surface area contributed by atoms with Crippen molar-refractivity contribution < 1.29 is 14.0 Å². The average Bonchev–Trinajstić information content (AvgIpc) is 3.27. The maximum atomic E-state index is 13.6. The predicted octanol–water partition coefficient (Wildman–Crippen LogP) is 3.32. The first-order valence-corrected chi connectivity index (χ1v) is 6.89. The Balaban J connectivity index is 2.13. The van der Waals surface area contributed by atoms with E-state index >= 15 is 0 Å². The van der Waals surface area contributed by atoms with Gasteiger partial charge in [0.25, 0.3) is 0 Å². The van der Waals surface area contributed by atoms with Crippen LogP contribution in [0.2, 0.25) is 0 Å². The Morgan fingerprint density at radius 3 is 2.57 bits per heavy atom. The molecule has 1 aliphatic rings. The number of carbonyl (C=O) groups is 2. The highest BCUT2D eigenvalue weighted by Gasteiger charge is 2.43. The van der Waals surface area contributed by atoms with Crippen molar-refractivity contribution in [1.29, 1.82) is 0 Å². The van der Waals surface area contributed by atoms with Crippen LogP contribution in [0, 0.1) is 17.2 Å². The number of nitrogens with one attached hydrogen (secondary N) is 2. The number of carbonyl (C=O) groups excluding carboxylic acids is 2. The third kappa shape index (κ3) is 3.48. The van der Waals surface area contributed by atoms with Crippen molar-refractivity contribution in [2.24, 2.45) is 11.3 Å². The van der Waals surface area contributed by atoms with Gasteiger partial charge in [0.2, 0.25) is 11.8 Å². The van der Waals surface area contributed by atoms with Crippen LogP contribution in [0.1, 0.15) is 26.7 Å². The van der Waals surface area contributed by atoms with E-state index < -0.39 is 17.1 Å². The van der Waals surface area contributed by atoms with Crippen LogP contribution in [-0.2, 0) is 9.59 Å². The molecule has 1 aromatic rings. The molecule has 2 N–H and O–H groups in total. The van der Waals surface area contributed by atoms with Crippen LogP contribution < -0.4 is 10.6 Å². The minimum absolute atomic E-state index is 0.0157. The van der Waals surface area contributed by atoms with Crippen LogP contribution in [0.4, 0.5) is 15.8 Å². The maximum Gasteiger partial charge on any atom is 0.247 e. The molecule has 0 bridgehead atoms. The second-order valence-electron chi connectivity index (χ2n) is 5.84. The second-order valence-corrected chi connectivity index (χ2v) is 5.84. The third-order valence-electron chi connectivity index (χ3n) is 3.85. The summed E-state index contributed by atoms with van der Waals surface area (Å²) in [4.78, 5) is 23.5. The molecule has 2 rings (SSSR count). The summed E-state index contributed by atoms with van der Waals surface area (Å²) in [6.07, 6.45) is 3.18. The number of anilines is 2. The maximum absolute atomic E-state index is 13.6. The fourth-order valence-corrected chi connectivity index (χ4v) is 2.17. The lowest BCUT2D eigenvalue weighted by molar-refractivity contribution is -0.125. The van der Waals surface area contributed by atoms with Gasteiger partial charge in [-0.05, 0) is 43.0 Å². The lowest BCUT2D eigenvalue weighted by Gasteiger charge is -2.23. The Bertz CT molecular complexity index is 592. The highest BCUT2D eigenvalue weighted by atomic mass is 19.1. The molecular weight excluding hydrogens is 271 g/mol. The first-order valence-electron chi connectivity index (χ1n) is 6.89. The summed E-state index contributed by atoms with van der Waals surface area (Å²) in [7, 11) is 0. The van der Waals surface area contributed by atoms with E-state index in [9.17, 15) is 14.0 Å². The van der Waals surface area contributed by atoms with E-state index in [1.54, 1.807) is 0 Å². The Morgan fingerprint density at radius 2 is 2.00 bits per heavy atom. The van der Waals surface area contributed by atoms with Gasteiger partial charge in [-0.3, -0.25) is 9.59 Å². The van der Waals surface area contributed by atoms with Crippen LogP contribution in [0.15, 0.2) is 30.9 Å². The Hall–Kier alpha value is -2.17. The van der Waals surface area contributed by atoms with Crippen LogP contribution in [0.3, 0.4) is 0 Å². The fraction of sp³-hybridized carbons (Fsp3) is 0.375. The molecule has 0 atom stereocenters. The molecule has 4 nitrogen and oxygen atoms in total. The van der Waals surface area contributed by atoms with Crippen molar-refractivity contribution in [2.45, 2.75) is 26.7 Å². The predicted molar refractivity (Wildman–Crippen MR) is 80.4 cm³/mol. The van der Waals surface area contributed by atoms with Gasteiger partial charge in [-0.25, -0.2) is 4.39 Å². The lowest BCUT2D eigenvalue weighted by atomic mass is 9.86. The zero-order chi connectivity index (χ0) is 15.6. The van der Waals surface area contributed by atoms with Crippen molar-refractivity contribution in [3.8, 4) is 0 Å². The molecule has 0 unspecified atom stereocenters. The summed E-state index contributed by atoms with van der Waals surface area (Å²) >= 11 is 0. The lowest BCUT2D eigenvalue weighted by Crippen LogP contribution is -2.32. The van der Waals surface area contributed by atoms with Gasteiger partial charge in [0.05, 0.1) is 5.69 Å². The van der Waals surface area contributed by atoms with Crippen LogP contribution in [-0.4, -0.2) is 11.8 Å². The van der Waals surface area contributed by atoms with E-state index in [-0.39, 0.29) is 11.6 Å². The number of rotatable bonds is 5. The SMILES string of the molecule is C=CC(=O)Nc1cc(NC(=O)C(C)(C)C2CC2)ccc1F. The molecule has 0 radical (unpaired) electrons. The zero-order valence-electron chi connectivity index (χ0n) is 12.2. The molecule has 1 aliphatic carbocycles. The molecule has 0 aromatic heterocycles. The standard InChI is InChI=1S/C16H19FN2O2/c1-4-14(20)19-13-9-11(7-8-12(13)17)18-15(21)16(2,3)10-5-6-10/h4,7-10H,1,5-6H2,2-3H3,(H,18,21)(H,19,20). The molecule has 112 valence electrons. The van der Waals surface area contributed by atoms with Crippen molar-refractivity contribution >= 4 is 23.2 Å². The van der Waals surface area contributed by atoms with Crippen molar-refractivity contribution in [1.82, 2.24) is 0 Å². The highest BCUT2D eigenvalue weighted by molar-refractivity contribution is 6.00. The Kier molecular flexibility index (Phi) is 4.11. The summed E-state index contributed by atoms with van der Waals surface area (Å²) in [5.74, 6) is -0.768. The molecule has 0 saturated heterocycles. The smallest absolute Gasteiger partial charge is 0.247 e. The van der Waals surface area contributed by atoms with E-state index in [1.807, 2.05) is 13.8 Å². The zero-order valence-corrected chi connectivity index (χ0v) is 12.2. The van der Waals surface area contributed by atoms with E-state index in [2.05, 4.69) is 17.2 Å². The first-order chi connectivity index (χ1) is 9.84. The topological polar surface area (TPSA) is 58.2 Å². The number of benzene rings is 1. The molecular formula is C16H19FN2O2. The largest absolute Gasteiger partial charge is 0.326 e. The van der Waals surface area contributed by atoms with E-state index in [0.717, 1.165) is 18.9 Å². The molecule has 0 aliphatic heterocycles. The van der Waals surface area contributed by atoms with E-state index in [0.29, 0.717) is 11.6 Å². The van der Waals surface area contributed by atoms with Crippen molar-refractivity contribution in [3.05, 3.63) is 36.7 Å². The van der Waals surface area contributed by atoms with Crippen LogP contribution in [0.5, 0.6) is 0 Å². The third-order valence-corrected chi connectivity index (χ3v) is 3.85. The monoisotopic (exact) mass is 290 g/mol. The van der Waals surface area contributed by atoms with Gasteiger partial charge in [-0.15, -0.1) is 0 Å².